The molecule has 1 aliphatic heterocycles. The lowest BCUT2D eigenvalue weighted by Gasteiger charge is -2.19. The van der Waals surface area contributed by atoms with Crippen LogP contribution in [0.4, 0.5) is 0 Å². The molecule has 0 spiro atoms. The van der Waals surface area contributed by atoms with Gasteiger partial charge >= 0.3 is 0 Å². The van der Waals surface area contributed by atoms with E-state index in [1.807, 2.05) is 11.0 Å². The lowest BCUT2D eigenvalue weighted by molar-refractivity contribution is -0.132. The Morgan fingerprint density at radius 1 is 1.41 bits per heavy atom. The minimum atomic E-state index is 0. The Hall–Kier alpha value is -0.490. The Balaban J connectivity index is 0.00000176. The van der Waals surface area contributed by atoms with E-state index in [4.69, 9.17) is 22.1 Å². The van der Waals surface area contributed by atoms with Crippen molar-refractivity contribution >= 4 is 45.8 Å². The SMILES string of the molecule is Cl.NC1CCC2CN(C(=O)COc3ccc(Br)cc3Cl)CC12. The van der Waals surface area contributed by atoms with Crippen LogP contribution in [-0.4, -0.2) is 36.5 Å². The number of likely N-dealkylation sites (tertiary alicyclic amines) is 1. The second-order valence-electron chi connectivity index (χ2n) is 5.83. The summed E-state index contributed by atoms with van der Waals surface area (Å²) in [6, 6.07) is 5.59. The summed E-state index contributed by atoms with van der Waals surface area (Å²) in [7, 11) is 0. The molecule has 3 rings (SSSR count). The van der Waals surface area contributed by atoms with Crippen molar-refractivity contribution in [2.24, 2.45) is 17.6 Å². The van der Waals surface area contributed by atoms with E-state index < -0.39 is 0 Å². The fourth-order valence-corrected chi connectivity index (χ4v) is 4.06. The predicted molar refractivity (Wildman–Crippen MR) is 92.7 cm³/mol. The number of rotatable bonds is 3. The van der Waals surface area contributed by atoms with Crippen LogP contribution in [0.25, 0.3) is 0 Å². The molecule has 0 bridgehead atoms. The van der Waals surface area contributed by atoms with Crippen molar-refractivity contribution in [3.05, 3.63) is 27.7 Å². The maximum Gasteiger partial charge on any atom is 0.260 e. The van der Waals surface area contributed by atoms with Crippen LogP contribution in [0.15, 0.2) is 22.7 Å². The molecule has 3 atom stereocenters. The van der Waals surface area contributed by atoms with Gasteiger partial charge in [-0.2, -0.15) is 0 Å². The first-order valence-corrected chi connectivity index (χ1v) is 8.33. The quantitative estimate of drug-likeness (QED) is 0.834. The summed E-state index contributed by atoms with van der Waals surface area (Å²) in [5.41, 5.74) is 6.09. The van der Waals surface area contributed by atoms with Crippen LogP contribution in [0.1, 0.15) is 12.8 Å². The Morgan fingerprint density at radius 2 is 2.18 bits per heavy atom. The average molecular weight is 410 g/mol. The van der Waals surface area contributed by atoms with E-state index in [-0.39, 0.29) is 31.0 Å². The van der Waals surface area contributed by atoms with Gasteiger partial charge in [0.15, 0.2) is 6.61 Å². The summed E-state index contributed by atoms with van der Waals surface area (Å²) in [5.74, 6) is 1.57. The second kappa shape index (κ2) is 7.39. The molecule has 2 N–H and O–H groups in total. The first-order valence-electron chi connectivity index (χ1n) is 7.16. The summed E-state index contributed by atoms with van der Waals surface area (Å²) < 4.78 is 6.42. The molecule has 122 valence electrons. The molecule has 1 saturated heterocycles. The van der Waals surface area contributed by atoms with Gasteiger partial charge in [-0.05, 0) is 42.9 Å². The molecular formula is C15H19BrCl2N2O2. The van der Waals surface area contributed by atoms with Crippen molar-refractivity contribution in [1.29, 1.82) is 0 Å². The van der Waals surface area contributed by atoms with Crippen LogP contribution < -0.4 is 10.5 Å². The van der Waals surface area contributed by atoms with Crippen LogP contribution in [0.3, 0.4) is 0 Å². The molecule has 0 radical (unpaired) electrons. The third-order valence-corrected chi connectivity index (χ3v) is 5.30. The highest BCUT2D eigenvalue weighted by molar-refractivity contribution is 9.10. The number of hydrogen-bond acceptors (Lipinski definition) is 3. The van der Waals surface area contributed by atoms with E-state index >= 15 is 0 Å². The number of halogens is 3. The number of nitrogens with zero attached hydrogens (tertiary/aromatic N) is 1. The molecule has 4 nitrogen and oxygen atoms in total. The van der Waals surface area contributed by atoms with Crippen LogP contribution in [0.2, 0.25) is 5.02 Å². The van der Waals surface area contributed by atoms with Gasteiger partial charge < -0.3 is 15.4 Å². The number of fused-ring (bicyclic) bond motifs is 1. The highest BCUT2D eigenvalue weighted by Gasteiger charge is 2.42. The molecule has 1 aromatic carbocycles. The van der Waals surface area contributed by atoms with E-state index in [0.29, 0.717) is 22.6 Å². The molecule has 1 heterocycles. The first-order chi connectivity index (χ1) is 10.0. The highest BCUT2D eigenvalue weighted by atomic mass is 79.9. The minimum absolute atomic E-state index is 0. The van der Waals surface area contributed by atoms with Gasteiger partial charge in [0.25, 0.3) is 5.91 Å². The lowest BCUT2D eigenvalue weighted by Crippen LogP contribution is -2.36. The van der Waals surface area contributed by atoms with Gasteiger partial charge in [-0.15, -0.1) is 12.4 Å². The van der Waals surface area contributed by atoms with Crippen LogP contribution in [0, 0.1) is 11.8 Å². The molecule has 22 heavy (non-hydrogen) atoms. The Kier molecular flexibility index (Phi) is 6.00. The fraction of sp³-hybridized carbons (Fsp3) is 0.533. The molecule has 7 heteroatoms. The monoisotopic (exact) mass is 408 g/mol. The van der Waals surface area contributed by atoms with Crippen LogP contribution in [-0.2, 0) is 4.79 Å². The van der Waals surface area contributed by atoms with E-state index in [0.717, 1.165) is 30.4 Å². The Bertz CT molecular complexity index is 558. The largest absolute Gasteiger partial charge is 0.482 e. The van der Waals surface area contributed by atoms with Gasteiger partial charge in [0.2, 0.25) is 0 Å². The lowest BCUT2D eigenvalue weighted by atomic mass is 9.98. The molecule has 2 aliphatic rings. The average Bonchev–Trinajstić information content (AvgIpc) is 3.00. The van der Waals surface area contributed by atoms with E-state index in [1.165, 1.54) is 0 Å². The highest BCUT2D eigenvalue weighted by Crippen LogP contribution is 2.37. The number of amides is 1. The number of ether oxygens (including phenoxy) is 1. The first kappa shape index (κ1) is 17.9. The summed E-state index contributed by atoms with van der Waals surface area (Å²) in [6.07, 6.45) is 2.22. The number of nitrogens with two attached hydrogens (primary N) is 1. The van der Waals surface area contributed by atoms with Gasteiger partial charge in [-0.1, -0.05) is 27.5 Å². The zero-order valence-electron chi connectivity index (χ0n) is 12.0. The van der Waals surface area contributed by atoms with Crippen LogP contribution >= 0.6 is 39.9 Å². The maximum atomic E-state index is 12.2. The van der Waals surface area contributed by atoms with E-state index in [1.54, 1.807) is 12.1 Å². The number of carbonyl (C=O) groups is 1. The third kappa shape index (κ3) is 3.70. The standard InChI is InChI=1S/C15H18BrClN2O2.ClH/c16-10-2-4-14(12(17)5-10)21-8-15(20)19-6-9-1-3-13(18)11(9)7-19;/h2,4-5,9,11,13H,1,3,6-8,18H2;1H. The summed E-state index contributed by atoms with van der Waals surface area (Å²) in [6.45, 7) is 1.60. The van der Waals surface area contributed by atoms with Crippen LogP contribution in [0.5, 0.6) is 5.75 Å². The van der Waals surface area contributed by atoms with Gasteiger partial charge in [0.05, 0.1) is 5.02 Å². The number of carbonyl (C=O) groups excluding carboxylic acids is 1. The predicted octanol–water partition coefficient (Wildman–Crippen LogP) is 3.10. The van der Waals surface area contributed by atoms with Crippen molar-refractivity contribution < 1.29 is 9.53 Å². The number of benzene rings is 1. The van der Waals surface area contributed by atoms with Crippen molar-refractivity contribution in [2.45, 2.75) is 18.9 Å². The van der Waals surface area contributed by atoms with Gasteiger partial charge in [0, 0.05) is 23.6 Å². The zero-order valence-corrected chi connectivity index (χ0v) is 15.2. The van der Waals surface area contributed by atoms with Crippen molar-refractivity contribution in [3.63, 3.8) is 0 Å². The van der Waals surface area contributed by atoms with Gasteiger partial charge in [-0.25, -0.2) is 0 Å². The molecule has 1 amide bonds. The van der Waals surface area contributed by atoms with E-state index in [2.05, 4.69) is 15.9 Å². The minimum Gasteiger partial charge on any atom is -0.482 e. The molecule has 1 aromatic rings. The zero-order chi connectivity index (χ0) is 15.0. The molecule has 1 saturated carbocycles. The molecule has 2 fully saturated rings. The topological polar surface area (TPSA) is 55.6 Å². The Morgan fingerprint density at radius 3 is 2.86 bits per heavy atom. The van der Waals surface area contributed by atoms with Crippen molar-refractivity contribution in [3.8, 4) is 5.75 Å². The summed E-state index contributed by atoms with van der Waals surface area (Å²) in [4.78, 5) is 14.1. The smallest absolute Gasteiger partial charge is 0.260 e. The van der Waals surface area contributed by atoms with Gasteiger partial charge in [-0.3, -0.25) is 4.79 Å². The number of hydrogen-bond donors (Lipinski definition) is 1. The normalized spacial score (nSPS) is 26.5. The molecule has 0 aromatic heterocycles. The molecule has 1 aliphatic carbocycles. The summed E-state index contributed by atoms with van der Waals surface area (Å²) in [5, 5.41) is 0.498. The molecular weight excluding hydrogens is 391 g/mol. The fourth-order valence-electron chi connectivity index (χ4n) is 3.33. The summed E-state index contributed by atoms with van der Waals surface area (Å²) >= 11 is 9.41. The molecule has 3 unspecified atom stereocenters. The van der Waals surface area contributed by atoms with Gasteiger partial charge in [0.1, 0.15) is 5.75 Å². The van der Waals surface area contributed by atoms with Crippen molar-refractivity contribution in [2.75, 3.05) is 19.7 Å². The Labute approximate surface area is 149 Å². The maximum absolute atomic E-state index is 12.2. The van der Waals surface area contributed by atoms with Crippen molar-refractivity contribution in [1.82, 2.24) is 4.90 Å². The third-order valence-electron chi connectivity index (χ3n) is 4.51. The van der Waals surface area contributed by atoms with E-state index in [9.17, 15) is 4.79 Å². The second-order valence-corrected chi connectivity index (χ2v) is 7.15.